The summed E-state index contributed by atoms with van der Waals surface area (Å²) in [5.74, 6) is -0.664. The lowest BCUT2D eigenvalue weighted by atomic mass is 9.89. The van der Waals surface area contributed by atoms with E-state index >= 15 is 0 Å². The number of rotatable bonds is 3. The van der Waals surface area contributed by atoms with E-state index in [-0.39, 0.29) is 0 Å². The Bertz CT molecular complexity index is 1110. The van der Waals surface area contributed by atoms with Crippen LogP contribution in [0.5, 0.6) is 0 Å². The maximum Gasteiger partial charge on any atom is 0.339 e. The highest BCUT2D eigenvalue weighted by molar-refractivity contribution is 6.14. The highest BCUT2D eigenvalue weighted by atomic mass is 16.5. The van der Waals surface area contributed by atoms with Gasteiger partial charge in [-0.15, -0.1) is 0 Å². The van der Waals surface area contributed by atoms with Gasteiger partial charge in [-0.2, -0.15) is 0 Å². The molecule has 4 rings (SSSR count). The Morgan fingerprint density at radius 2 is 1.42 bits per heavy atom. The summed E-state index contributed by atoms with van der Waals surface area (Å²) in [5, 5.41) is 15.0. The summed E-state index contributed by atoms with van der Waals surface area (Å²) in [4.78, 5) is 11.9. The molecule has 0 saturated carbocycles. The van der Waals surface area contributed by atoms with Gasteiger partial charge in [0.05, 0.1) is 7.11 Å². The first-order valence-electron chi connectivity index (χ1n) is 8.46. The summed E-state index contributed by atoms with van der Waals surface area (Å²) in [5.41, 5.74) is 2.35. The average molecular weight is 342 g/mol. The monoisotopic (exact) mass is 342 g/mol. The molecular formula is C23H18O3. The van der Waals surface area contributed by atoms with Crippen molar-refractivity contribution in [2.75, 3.05) is 7.11 Å². The van der Waals surface area contributed by atoms with E-state index in [2.05, 4.69) is 30.3 Å². The van der Waals surface area contributed by atoms with Gasteiger partial charge in [-0.05, 0) is 44.3 Å². The summed E-state index contributed by atoms with van der Waals surface area (Å²) in [6.45, 7) is 0. The van der Waals surface area contributed by atoms with Crippen molar-refractivity contribution in [2.24, 2.45) is 0 Å². The fraction of sp³-hybridized carbons (Fsp3) is 0.0870. The molecule has 0 saturated heterocycles. The first-order valence-corrected chi connectivity index (χ1v) is 8.46. The standard InChI is InChI=1S/C23H18O3/c1-26-23(25)22(24)20-13-7-6-12-19(20)21-14-15-8-2-3-9-16(15)17-10-4-5-11-18(17)21/h2-14,22,24H,1H3. The van der Waals surface area contributed by atoms with Crippen LogP contribution < -0.4 is 0 Å². The van der Waals surface area contributed by atoms with E-state index in [0.29, 0.717) is 5.56 Å². The predicted octanol–water partition coefficient (Wildman–Crippen LogP) is 4.87. The number of esters is 1. The maximum atomic E-state index is 11.9. The molecule has 4 aromatic carbocycles. The van der Waals surface area contributed by atoms with Crippen LogP contribution in [0.4, 0.5) is 0 Å². The second-order valence-electron chi connectivity index (χ2n) is 6.20. The van der Waals surface area contributed by atoms with Gasteiger partial charge in [0.2, 0.25) is 0 Å². The Morgan fingerprint density at radius 3 is 2.19 bits per heavy atom. The molecule has 0 spiro atoms. The molecule has 0 amide bonds. The number of carbonyl (C=O) groups excluding carboxylic acids is 1. The van der Waals surface area contributed by atoms with Crippen molar-refractivity contribution < 1.29 is 14.6 Å². The molecule has 0 fully saturated rings. The van der Waals surface area contributed by atoms with Crippen molar-refractivity contribution in [2.45, 2.75) is 6.10 Å². The first kappa shape index (κ1) is 16.3. The fourth-order valence-corrected chi connectivity index (χ4v) is 3.50. The van der Waals surface area contributed by atoms with Gasteiger partial charge >= 0.3 is 5.97 Å². The Labute approximate surface area is 151 Å². The Morgan fingerprint density at radius 1 is 0.808 bits per heavy atom. The second kappa shape index (κ2) is 6.62. The summed E-state index contributed by atoms with van der Waals surface area (Å²) in [7, 11) is 1.28. The van der Waals surface area contributed by atoms with E-state index in [1.54, 1.807) is 6.07 Å². The lowest BCUT2D eigenvalue weighted by Crippen LogP contribution is -2.14. The topological polar surface area (TPSA) is 46.5 Å². The Hall–Kier alpha value is -3.17. The molecule has 0 aliphatic carbocycles. The van der Waals surface area contributed by atoms with Crippen LogP contribution in [0.2, 0.25) is 0 Å². The van der Waals surface area contributed by atoms with Crippen molar-refractivity contribution in [1.29, 1.82) is 0 Å². The number of methoxy groups -OCH3 is 1. The largest absolute Gasteiger partial charge is 0.467 e. The summed E-state index contributed by atoms with van der Waals surface area (Å²) in [6.07, 6.45) is -1.32. The number of fused-ring (bicyclic) bond motifs is 3. The van der Waals surface area contributed by atoms with Gasteiger partial charge in [-0.1, -0.05) is 72.8 Å². The number of hydrogen-bond acceptors (Lipinski definition) is 3. The van der Waals surface area contributed by atoms with Crippen molar-refractivity contribution in [3.63, 3.8) is 0 Å². The van der Waals surface area contributed by atoms with E-state index in [1.165, 1.54) is 12.5 Å². The normalized spacial score (nSPS) is 12.2. The third-order valence-corrected chi connectivity index (χ3v) is 4.74. The van der Waals surface area contributed by atoms with Crippen molar-refractivity contribution >= 4 is 27.5 Å². The molecule has 26 heavy (non-hydrogen) atoms. The molecule has 0 bridgehead atoms. The van der Waals surface area contributed by atoms with Gasteiger partial charge in [0.25, 0.3) is 0 Å². The number of benzene rings is 4. The van der Waals surface area contributed by atoms with Gasteiger partial charge < -0.3 is 9.84 Å². The number of hydrogen-bond donors (Lipinski definition) is 1. The molecule has 3 nitrogen and oxygen atoms in total. The van der Waals surface area contributed by atoms with E-state index in [1.807, 2.05) is 42.5 Å². The molecule has 0 aliphatic heterocycles. The number of carbonyl (C=O) groups is 1. The Balaban J connectivity index is 2.05. The van der Waals surface area contributed by atoms with Gasteiger partial charge in [-0.25, -0.2) is 4.79 Å². The van der Waals surface area contributed by atoms with Crippen LogP contribution in [-0.2, 0) is 9.53 Å². The molecule has 3 heteroatoms. The third kappa shape index (κ3) is 2.63. The fourth-order valence-electron chi connectivity index (χ4n) is 3.50. The van der Waals surface area contributed by atoms with Crippen LogP contribution in [0.3, 0.4) is 0 Å². The number of ether oxygens (including phenoxy) is 1. The molecule has 1 unspecified atom stereocenters. The summed E-state index contributed by atoms with van der Waals surface area (Å²) >= 11 is 0. The first-order chi connectivity index (χ1) is 12.7. The number of aliphatic hydroxyl groups excluding tert-OH is 1. The van der Waals surface area contributed by atoms with E-state index in [0.717, 1.165) is 27.3 Å². The van der Waals surface area contributed by atoms with Crippen LogP contribution in [-0.4, -0.2) is 18.2 Å². The predicted molar refractivity (Wildman–Crippen MR) is 104 cm³/mol. The molecule has 0 radical (unpaired) electrons. The van der Waals surface area contributed by atoms with Crippen LogP contribution in [0.1, 0.15) is 11.7 Å². The highest BCUT2D eigenvalue weighted by Crippen LogP contribution is 2.37. The summed E-state index contributed by atoms with van der Waals surface area (Å²) < 4.78 is 4.73. The molecule has 1 N–H and O–H groups in total. The van der Waals surface area contributed by atoms with E-state index in [9.17, 15) is 9.90 Å². The average Bonchev–Trinajstić information content (AvgIpc) is 2.72. The molecule has 0 aliphatic rings. The van der Waals surface area contributed by atoms with E-state index in [4.69, 9.17) is 4.74 Å². The SMILES string of the molecule is COC(=O)C(O)c1ccccc1-c1cc2ccccc2c2ccccc12. The minimum atomic E-state index is -1.32. The molecule has 0 heterocycles. The highest BCUT2D eigenvalue weighted by Gasteiger charge is 2.22. The Kier molecular flexibility index (Phi) is 4.15. The van der Waals surface area contributed by atoms with Gasteiger partial charge in [0.1, 0.15) is 0 Å². The molecule has 0 aromatic heterocycles. The zero-order valence-electron chi connectivity index (χ0n) is 14.3. The molecule has 1 atom stereocenters. The minimum Gasteiger partial charge on any atom is -0.467 e. The molecule has 128 valence electrons. The van der Waals surface area contributed by atoms with Gasteiger partial charge in [0, 0.05) is 0 Å². The van der Waals surface area contributed by atoms with Gasteiger partial charge in [-0.3, -0.25) is 0 Å². The molecule has 4 aromatic rings. The summed E-state index contributed by atoms with van der Waals surface area (Å²) in [6, 6.07) is 25.9. The van der Waals surface area contributed by atoms with Crippen LogP contribution in [0.25, 0.3) is 32.7 Å². The quantitative estimate of drug-likeness (QED) is 0.427. The molecular weight excluding hydrogens is 324 g/mol. The third-order valence-electron chi connectivity index (χ3n) is 4.74. The smallest absolute Gasteiger partial charge is 0.339 e. The zero-order valence-corrected chi connectivity index (χ0v) is 14.3. The van der Waals surface area contributed by atoms with Gasteiger partial charge in [0.15, 0.2) is 6.10 Å². The lowest BCUT2D eigenvalue weighted by Gasteiger charge is -2.17. The second-order valence-corrected chi connectivity index (χ2v) is 6.20. The van der Waals surface area contributed by atoms with Crippen LogP contribution >= 0.6 is 0 Å². The minimum absolute atomic E-state index is 0.541. The zero-order chi connectivity index (χ0) is 18.1. The maximum absolute atomic E-state index is 11.9. The van der Waals surface area contributed by atoms with E-state index < -0.39 is 12.1 Å². The van der Waals surface area contributed by atoms with Crippen LogP contribution in [0, 0.1) is 0 Å². The number of aliphatic hydroxyl groups is 1. The lowest BCUT2D eigenvalue weighted by molar-refractivity contribution is -0.150. The van der Waals surface area contributed by atoms with Crippen molar-refractivity contribution in [1.82, 2.24) is 0 Å². The van der Waals surface area contributed by atoms with Crippen LogP contribution in [0.15, 0.2) is 78.9 Å². The van der Waals surface area contributed by atoms with Crippen molar-refractivity contribution in [3.05, 3.63) is 84.4 Å². The van der Waals surface area contributed by atoms with Crippen molar-refractivity contribution in [3.8, 4) is 11.1 Å².